The van der Waals surface area contributed by atoms with Crippen LogP contribution in [0.4, 0.5) is 0 Å². The molecule has 0 bridgehead atoms. The number of hydrogen-bond donors (Lipinski definition) is 3. The third-order valence-electron chi connectivity index (χ3n) is 11.0. The number of allylic oxidation sites excluding steroid dienone is 4. The lowest BCUT2D eigenvalue weighted by Crippen LogP contribution is -2.34. The number of hydrogen-bond acceptors (Lipinski definition) is 9. The van der Waals surface area contributed by atoms with Crippen LogP contribution in [0.5, 0.6) is 0 Å². The number of carboxylic acid groups (broad SMARTS) is 1. The predicted octanol–water partition coefficient (Wildman–Crippen LogP) is 13.8. The lowest BCUT2D eigenvalue weighted by molar-refractivity contribution is -0.161. The number of ether oxygens (including phenoxy) is 2. The molecule has 0 heterocycles. The summed E-state index contributed by atoms with van der Waals surface area (Å²) >= 11 is 0. The molecule has 0 aliphatic carbocycles. The van der Waals surface area contributed by atoms with Crippen LogP contribution in [0.3, 0.4) is 0 Å². The average molecular weight is 886 g/mol. The molecule has 3 unspecified atom stereocenters. The Kier molecular flexibility index (Phi) is 43.1. The molecule has 61 heavy (non-hydrogen) atoms. The van der Waals surface area contributed by atoms with Crippen molar-refractivity contribution >= 4 is 25.7 Å². The highest BCUT2D eigenvalue weighted by atomic mass is 31.2. The van der Waals surface area contributed by atoms with Gasteiger partial charge in [0, 0.05) is 12.8 Å². The third-order valence-corrected chi connectivity index (χ3v) is 11.9. The molecular formula is C49H92NO10P. The molecular weight excluding hydrogens is 794 g/mol. The second kappa shape index (κ2) is 44.6. The van der Waals surface area contributed by atoms with Gasteiger partial charge in [-0.05, 0) is 44.9 Å². The molecule has 0 aromatic heterocycles. The van der Waals surface area contributed by atoms with Crippen molar-refractivity contribution in [1.29, 1.82) is 0 Å². The Morgan fingerprint density at radius 2 is 0.869 bits per heavy atom. The van der Waals surface area contributed by atoms with Gasteiger partial charge in [0.2, 0.25) is 0 Å². The summed E-state index contributed by atoms with van der Waals surface area (Å²) in [5.41, 5.74) is 5.35. The Bertz CT molecular complexity index is 1130. The molecule has 0 aliphatic heterocycles. The van der Waals surface area contributed by atoms with Crippen molar-refractivity contribution in [3.8, 4) is 0 Å². The molecule has 0 saturated heterocycles. The fourth-order valence-electron chi connectivity index (χ4n) is 7.04. The molecule has 0 spiro atoms. The minimum Gasteiger partial charge on any atom is -0.480 e. The SMILES string of the molecule is CCCCCC/C=C\C/C=C\CCCCCCCCCC(=O)OC(COC(=O)CCCCCCCCCCCCCCCCCCCCC)COP(=O)(O)OCC(N)C(=O)O. The quantitative estimate of drug-likeness (QED) is 0.0230. The van der Waals surface area contributed by atoms with Crippen molar-refractivity contribution in [3.05, 3.63) is 24.3 Å². The van der Waals surface area contributed by atoms with E-state index < -0.39 is 51.1 Å². The number of carbonyl (C=O) groups is 3. The van der Waals surface area contributed by atoms with E-state index in [4.69, 9.17) is 24.8 Å². The van der Waals surface area contributed by atoms with E-state index in [0.717, 1.165) is 57.8 Å². The molecule has 0 saturated carbocycles. The van der Waals surface area contributed by atoms with Crippen molar-refractivity contribution in [2.75, 3.05) is 19.8 Å². The largest absolute Gasteiger partial charge is 0.480 e. The fraction of sp³-hybridized carbons (Fsp3) is 0.857. The van der Waals surface area contributed by atoms with Gasteiger partial charge in [0.15, 0.2) is 6.10 Å². The maximum Gasteiger partial charge on any atom is 0.472 e. The summed E-state index contributed by atoms with van der Waals surface area (Å²) < 4.78 is 32.8. The first-order valence-corrected chi connectivity index (χ1v) is 26.4. The molecule has 11 nitrogen and oxygen atoms in total. The van der Waals surface area contributed by atoms with Crippen LogP contribution < -0.4 is 5.73 Å². The summed E-state index contributed by atoms with van der Waals surface area (Å²) in [6.07, 6.45) is 48.1. The Labute approximate surface area is 372 Å². The molecule has 0 fully saturated rings. The maximum absolute atomic E-state index is 12.7. The molecule has 12 heteroatoms. The van der Waals surface area contributed by atoms with Crippen LogP contribution in [0.15, 0.2) is 24.3 Å². The van der Waals surface area contributed by atoms with E-state index >= 15 is 0 Å². The second-order valence-corrected chi connectivity index (χ2v) is 18.4. The summed E-state index contributed by atoms with van der Waals surface area (Å²) in [4.78, 5) is 46.1. The molecule has 3 atom stereocenters. The predicted molar refractivity (Wildman–Crippen MR) is 249 cm³/mol. The molecule has 0 aromatic rings. The van der Waals surface area contributed by atoms with Gasteiger partial charge in [0.25, 0.3) is 0 Å². The van der Waals surface area contributed by atoms with Gasteiger partial charge < -0.3 is 25.2 Å². The van der Waals surface area contributed by atoms with Crippen LogP contribution in [-0.2, 0) is 37.5 Å². The van der Waals surface area contributed by atoms with Gasteiger partial charge in [0.1, 0.15) is 12.6 Å². The van der Waals surface area contributed by atoms with Crippen molar-refractivity contribution in [3.63, 3.8) is 0 Å². The molecule has 0 amide bonds. The van der Waals surface area contributed by atoms with Gasteiger partial charge in [-0.15, -0.1) is 0 Å². The van der Waals surface area contributed by atoms with Crippen LogP contribution in [0.25, 0.3) is 0 Å². The lowest BCUT2D eigenvalue weighted by Gasteiger charge is -2.20. The van der Waals surface area contributed by atoms with Crippen molar-refractivity contribution < 1.29 is 47.5 Å². The number of carbonyl (C=O) groups excluding carboxylic acids is 2. The molecule has 0 radical (unpaired) electrons. The van der Waals surface area contributed by atoms with E-state index in [-0.39, 0.29) is 19.4 Å². The number of phosphoric acid groups is 1. The molecule has 4 N–H and O–H groups in total. The maximum atomic E-state index is 12.7. The minimum atomic E-state index is -4.72. The fourth-order valence-corrected chi connectivity index (χ4v) is 7.82. The molecule has 0 aliphatic rings. The van der Waals surface area contributed by atoms with Crippen molar-refractivity contribution in [2.24, 2.45) is 5.73 Å². The topological polar surface area (TPSA) is 172 Å². The standard InChI is InChI=1S/C49H92NO10P/c1-3-5-7-9-11-13-15-17-19-21-23-25-26-28-30-32-34-36-38-40-47(51)57-42-45(43-58-61(55,56)59-44-46(50)49(53)54)60-48(52)41-39-37-35-33-31-29-27-24-22-20-18-16-14-12-10-8-6-4-2/h14,16,20,22,45-46H,3-13,15,17-19,21,23-44,50H2,1-2H3,(H,53,54)(H,55,56)/b16-14-,22-20-. The first-order chi connectivity index (χ1) is 29.6. The zero-order chi connectivity index (χ0) is 44.9. The van der Waals surface area contributed by atoms with Crippen LogP contribution in [0.1, 0.15) is 239 Å². The lowest BCUT2D eigenvalue weighted by atomic mass is 10.0. The number of nitrogens with two attached hydrogens (primary N) is 1. The first kappa shape index (κ1) is 59.0. The van der Waals surface area contributed by atoms with Crippen molar-refractivity contribution in [2.45, 2.75) is 251 Å². The van der Waals surface area contributed by atoms with Crippen LogP contribution >= 0.6 is 7.82 Å². The van der Waals surface area contributed by atoms with Gasteiger partial charge in [0.05, 0.1) is 13.2 Å². The van der Waals surface area contributed by atoms with E-state index in [1.54, 1.807) is 0 Å². The summed E-state index contributed by atoms with van der Waals surface area (Å²) in [5, 5.41) is 8.91. The highest BCUT2D eigenvalue weighted by Crippen LogP contribution is 2.43. The number of esters is 2. The van der Waals surface area contributed by atoms with Crippen LogP contribution in [-0.4, -0.2) is 59.9 Å². The van der Waals surface area contributed by atoms with Gasteiger partial charge in [-0.25, -0.2) is 4.57 Å². The highest BCUT2D eigenvalue weighted by molar-refractivity contribution is 7.47. The summed E-state index contributed by atoms with van der Waals surface area (Å²) in [7, 11) is -4.72. The zero-order valence-electron chi connectivity index (χ0n) is 39.0. The monoisotopic (exact) mass is 886 g/mol. The second-order valence-electron chi connectivity index (χ2n) is 17.0. The van der Waals surface area contributed by atoms with E-state index in [9.17, 15) is 23.8 Å². The van der Waals surface area contributed by atoms with Crippen LogP contribution in [0.2, 0.25) is 0 Å². The van der Waals surface area contributed by atoms with E-state index in [1.165, 1.54) is 141 Å². The Morgan fingerprint density at radius 1 is 0.508 bits per heavy atom. The third kappa shape index (κ3) is 44.4. The molecule has 0 rings (SSSR count). The first-order valence-electron chi connectivity index (χ1n) is 24.9. The van der Waals surface area contributed by atoms with Gasteiger partial charge >= 0.3 is 25.7 Å². The van der Waals surface area contributed by atoms with Gasteiger partial charge in [-0.2, -0.15) is 0 Å². The number of aliphatic carboxylic acids is 1. The normalized spacial score (nSPS) is 13.8. The summed E-state index contributed by atoms with van der Waals surface area (Å²) in [5.74, 6) is -2.37. The zero-order valence-corrected chi connectivity index (χ0v) is 39.9. The van der Waals surface area contributed by atoms with Crippen molar-refractivity contribution in [1.82, 2.24) is 0 Å². The molecule has 358 valence electrons. The average Bonchev–Trinajstić information content (AvgIpc) is 3.24. The van der Waals surface area contributed by atoms with Crippen LogP contribution in [0, 0.1) is 0 Å². The summed E-state index contributed by atoms with van der Waals surface area (Å²) in [6, 6.07) is -1.52. The Morgan fingerprint density at radius 3 is 1.30 bits per heavy atom. The highest BCUT2D eigenvalue weighted by Gasteiger charge is 2.28. The van der Waals surface area contributed by atoms with Gasteiger partial charge in [-0.1, -0.05) is 205 Å². The number of rotatable bonds is 47. The van der Waals surface area contributed by atoms with E-state index in [0.29, 0.717) is 12.8 Å². The molecule has 0 aromatic carbocycles. The smallest absolute Gasteiger partial charge is 0.472 e. The summed E-state index contributed by atoms with van der Waals surface area (Å²) in [6.45, 7) is 2.82. The minimum absolute atomic E-state index is 0.155. The Balaban J connectivity index is 4.26. The van der Waals surface area contributed by atoms with E-state index in [2.05, 4.69) is 42.7 Å². The van der Waals surface area contributed by atoms with Gasteiger partial charge in [-0.3, -0.25) is 23.4 Å². The van der Waals surface area contributed by atoms with E-state index in [1.807, 2.05) is 0 Å². The number of phosphoric ester groups is 1. The number of carboxylic acids is 1. The Hall–Kier alpha value is -2.04. The number of unbranched alkanes of at least 4 members (excludes halogenated alkanes) is 29.